The Kier molecular flexibility index (Phi) is 13.9. The molecule has 0 unspecified atom stereocenters. The van der Waals surface area contributed by atoms with Gasteiger partial charge in [-0.25, -0.2) is 4.79 Å². The van der Waals surface area contributed by atoms with Crippen LogP contribution in [0, 0.1) is 5.92 Å². The Hall–Kier alpha value is -3.53. The minimum atomic E-state index is -0.386. The van der Waals surface area contributed by atoms with Gasteiger partial charge in [0, 0.05) is 0 Å². The molecule has 0 N–H and O–H groups in total. The Morgan fingerprint density at radius 1 is 0.700 bits per heavy atom. The van der Waals surface area contributed by atoms with Gasteiger partial charge in [-0.1, -0.05) is 82.7 Å². The first kappa shape index (κ1) is 31.0. The lowest BCUT2D eigenvalue weighted by Crippen LogP contribution is -2.08. The molecule has 214 valence electrons. The predicted molar refractivity (Wildman–Crippen MR) is 165 cm³/mol. The maximum Gasteiger partial charge on any atom is 0.343 e. The molecule has 0 radical (unpaired) electrons. The molecule has 3 aromatic rings. The molecule has 3 aromatic carbocycles. The van der Waals surface area contributed by atoms with Crippen molar-refractivity contribution in [3.05, 3.63) is 91.0 Å². The van der Waals surface area contributed by atoms with Gasteiger partial charge in [0.15, 0.2) is 0 Å². The van der Waals surface area contributed by atoms with Gasteiger partial charge in [0.05, 0.1) is 18.8 Å². The van der Waals surface area contributed by atoms with E-state index in [1.54, 1.807) is 12.1 Å². The average Bonchev–Trinajstić information content (AvgIpc) is 2.99. The first-order valence-electron chi connectivity index (χ1n) is 15.0. The first-order chi connectivity index (χ1) is 19.6. The zero-order valence-electron chi connectivity index (χ0n) is 24.4. The van der Waals surface area contributed by atoms with Crippen molar-refractivity contribution in [3.63, 3.8) is 0 Å². The van der Waals surface area contributed by atoms with E-state index in [0.29, 0.717) is 17.9 Å². The highest BCUT2D eigenvalue weighted by molar-refractivity contribution is 5.91. The zero-order chi connectivity index (χ0) is 28.4. The molecule has 0 bridgehead atoms. The topological polar surface area (TPSA) is 44.8 Å². The van der Waals surface area contributed by atoms with Crippen LogP contribution in [0.25, 0.3) is 11.1 Å². The monoisotopic (exact) mass is 542 g/mol. The molecule has 0 aromatic heterocycles. The molecule has 0 aliphatic heterocycles. The van der Waals surface area contributed by atoms with Crippen molar-refractivity contribution in [2.45, 2.75) is 78.1 Å². The van der Waals surface area contributed by atoms with E-state index in [0.717, 1.165) is 60.8 Å². The SMILES string of the molecule is C=CCCCCCCOc1ccc(C(=O)Oc2ccc(-c3ccc(OCCCCC[C@@H](C)CC)cc3)cc2)cc1. The van der Waals surface area contributed by atoms with Crippen molar-refractivity contribution in [3.8, 4) is 28.4 Å². The normalized spacial score (nSPS) is 11.6. The lowest BCUT2D eigenvalue weighted by atomic mass is 10.0. The summed E-state index contributed by atoms with van der Waals surface area (Å²) in [5.41, 5.74) is 2.64. The van der Waals surface area contributed by atoms with Crippen molar-refractivity contribution < 1.29 is 19.0 Å². The molecule has 40 heavy (non-hydrogen) atoms. The Labute approximate surface area is 241 Å². The molecule has 3 rings (SSSR count). The number of benzene rings is 3. The molecule has 0 amide bonds. The molecular weight excluding hydrogens is 496 g/mol. The predicted octanol–water partition coefficient (Wildman–Crippen LogP) is 10.1. The summed E-state index contributed by atoms with van der Waals surface area (Å²) < 4.78 is 17.3. The lowest BCUT2D eigenvalue weighted by molar-refractivity contribution is 0.0734. The summed E-state index contributed by atoms with van der Waals surface area (Å²) in [6, 6.07) is 22.8. The first-order valence-corrected chi connectivity index (χ1v) is 15.0. The van der Waals surface area contributed by atoms with E-state index in [1.807, 2.05) is 54.6 Å². The van der Waals surface area contributed by atoms with Gasteiger partial charge in [0.25, 0.3) is 0 Å². The van der Waals surface area contributed by atoms with Gasteiger partial charge < -0.3 is 14.2 Å². The van der Waals surface area contributed by atoms with Crippen LogP contribution in [0.3, 0.4) is 0 Å². The number of esters is 1. The van der Waals surface area contributed by atoms with Gasteiger partial charge in [-0.2, -0.15) is 0 Å². The Bertz CT molecular complexity index is 1120. The molecule has 4 nitrogen and oxygen atoms in total. The van der Waals surface area contributed by atoms with Gasteiger partial charge in [-0.05, 0) is 91.3 Å². The highest BCUT2D eigenvalue weighted by Crippen LogP contribution is 2.25. The Morgan fingerprint density at radius 2 is 1.20 bits per heavy atom. The second-order valence-corrected chi connectivity index (χ2v) is 10.5. The number of carbonyl (C=O) groups is 1. The third-order valence-corrected chi connectivity index (χ3v) is 7.22. The molecule has 0 fully saturated rings. The molecule has 1 atom stereocenters. The maximum atomic E-state index is 12.6. The van der Waals surface area contributed by atoms with Crippen molar-refractivity contribution in [2.75, 3.05) is 13.2 Å². The van der Waals surface area contributed by atoms with Crippen molar-refractivity contribution >= 4 is 5.97 Å². The Morgan fingerprint density at radius 3 is 1.75 bits per heavy atom. The van der Waals surface area contributed by atoms with E-state index >= 15 is 0 Å². The molecule has 0 aliphatic rings. The Balaban J connectivity index is 1.39. The summed E-state index contributed by atoms with van der Waals surface area (Å²) in [5, 5.41) is 0. The summed E-state index contributed by atoms with van der Waals surface area (Å²) in [4.78, 5) is 12.6. The molecule has 0 aliphatic carbocycles. The van der Waals surface area contributed by atoms with Crippen LogP contribution in [0.15, 0.2) is 85.5 Å². The summed E-state index contributed by atoms with van der Waals surface area (Å²) >= 11 is 0. The van der Waals surface area contributed by atoms with Gasteiger partial charge in [0.2, 0.25) is 0 Å². The number of hydrogen-bond acceptors (Lipinski definition) is 4. The van der Waals surface area contributed by atoms with E-state index in [-0.39, 0.29) is 5.97 Å². The number of carbonyl (C=O) groups excluding carboxylic acids is 1. The average molecular weight is 543 g/mol. The zero-order valence-corrected chi connectivity index (χ0v) is 24.4. The third kappa shape index (κ3) is 11.3. The highest BCUT2D eigenvalue weighted by Gasteiger charge is 2.09. The number of unbranched alkanes of at least 4 members (excludes halogenated alkanes) is 6. The number of allylic oxidation sites excluding steroid dienone is 1. The van der Waals surface area contributed by atoms with E-state index in [1.165, 1.54) is 38.5 Å². The van der Waals surface area contributed by atoms with Crippen LogP contribution in [0.4, 0.5) is 0 Å². The van der Waals surface area contributed by atoms with Gasteiger partial charge in [-0.3, -0.25) is 0 Å². The van der Waals surface area contributed by atoms with Crippen LogP contribution in [0.2, 0.25) is 0 Å². The summed E-state index contributed by atoms with van der Waals surface area (Å²) in [5.74, 6) is 2.61. The second kappa shape index (κ2) is 17.9. The minimum absolute atomic E-state index is 0.386. The van der Waals surface area contributed by atoms with E-state index in [2.05, 4.69) is 32.6 Å². The van der Waals surface area contributed by atoms with Gasteiger partial charge in [-0.15, -0.1) is 6.58 Å². The van der Waals surface area contributed by atoms with Crippen LogP contribution in [0.1, 0.15) is 88.4 Å². The fourth-order valence-electron chi connectivity index (χ4n) is 4.41. The number of hydrogen-bond donors (Lipinski definition) is 0. The standard InChI is InChI=1S/C36H46O4/c1-4-6-7-8-9-12-27-38-34-23-19-32(20-24-34)36(37)40-35-25-17-31(18-26-35)30-15-21-33(22-16-30)39-28-13-10-11-14-29(3)5-2/h4,15-26,29H,1,5-14,27-28H2,2-3H3/t29-/m0/s1. The van der Waals surface area contributed by atoms with E-state index in [4.69, 9.17) is 14.2 Å². The van der Waals surface area contributed by atoms with E-state index in [9.17, 15) is 4.79 Å². The second-order valence-electron chi connectivity index (χ2n) is 10.5. The van der Waals surface area contributed by atoms with Crippen LogP contribution < -0.4 is 14.2 Å². The summed E-state index contributed by atoms with van der Waals surface area (Å²) in [6.07, 6.45) is 13.7. The molecule has 4 heteroatoms. The maximum absolute atomic E-state index is 12.6. The van der Waals surface area contributed by atoms with Crippen molar-refractivity contribution in [2.24, 2.45) is 5.92 Å². The summed E-state index contributed by atoms with van der Waals surface area (Å²) in [7, 11) is 0. The van der Waals surface area contributed by atoms with Crippen LogP contribution in [0.5, 0.6) is 17.2 Å². The number of rotatable bonds is 19. The molecule has 0 saturated carbocycles. The number of ether oxygens (including phenoxy) is 3. The molecular formula is C36H46O4. The third-order valence-electron chi connectivity index (χ3n) is 7.22. The quantitative estimate of drug-likeness (QED) is 0.0654. The smallest absolute Gasteiger partial charge is 0.343 e. The van der Waals surface area contributed by atoms with Crippen molar-refractivity contribution in [1.29, 1.82) is 0 Å². The largest absolute Gasteiger partial charge is 0.494 e. The van der Waals surface area contributed by atoms with Crippen LogP contribution in [-0.2, 0) is 0 Å². The highest BCUT2D eigenvalue weighted by atomic mass is 16.5. The van der Waals surface area contributed by atoms with Crippen molar-refractivity contribution in [1.82, 2.24) is 0 Å². The van der Waals surface area contributed by atoms with Crippen LogP contribution in [-0.4, -0.2) is 19.2 Å². The van der Waals surface area contributed by atoms with Crippen LogP contribution >= 0.6 is 0 Å². The summed E-state index contributed by atoms with van der Waals surface area (Å²) in [6.45, 7) is 9.77. The van der Waals surface area contributed by atoms with E-state index < -0.39 is 0 Å². The minimum Gasteiger partial charge on any atom is -0.494 e. The molecule has 0 spiro atoms. The molecule has 0 saturated heterocycles. The molecule has 0 heterocycles. The van der Waals surface area contributed by atoms with Gasteiger partial charge in [0.1, 0.15) is 17.2 Å². The fraction of sp³-hybridized carbons (Fsp3) is 0.417. The van der Waals surface area contributed by atoms with Gasteiger partial charge >= 0.3 is 5.97 Å². The lowest BCUT2D eigenvalue weighted by Gasteiger charge is -2.10. The fourth-order valence-corrected chi connectivity index (χ4v) is 4.41.